The van der Waals surface area contributed by atoms with E-state index in [1.54, 1.807) is 0 Å². The molecule has 1 aliphatic heterocycles. The molecule has 0 aliphatic carbocycles. The predicted molar refractivity (Wildman–Crippen MR) is 46.4 cm³/mol. The van der Waals surface area contributed by atoms with Crippen LogP contribution in [0.25, 0.3) is 0 Å². The van der Waals surface area contributed by atoms with E-state index in [-0.39, 0.29) is 12.4 Å². The lowest BCUT2D eigenvalue weighted by atomic mass is 10.4. The first-order valence-corrected chi connectivity index (χ1v) is 4.54. The topological polar surface area (TPSA) is 3.24 Å². The molecule has 1 aliphatic rings. The van der Waals surface area contributed by atoms with Gasteiger partial charge in [0.1, 0.15) is 0 Å². The highest BCUT2D eigenvalue weighted by atomic mass is 35.5. The lowest BCUT2D eigenvalue weighted by Crippen LogP contribution is -2.17. The van der Waals surface area contributed by atoms with Crippen LogP contribution in [-0.4, -0.2) is 30.1 Å². The van der Waals surface area contributed by atoms with Crippen LogP contribution in [0.5, 0.6) is 0 Å². The van der Waals surface area contributed by atoms with Crippen molar-refractivity contribution in [3.05, 3.63) is 0 Å². The van der Waals surface area contributed by atoms with Crippen LogP contribution < -0.4 is 0 Å². The fourth-order valence-electron chi connectivity index (χ4n) is 1.09. The standard InChI is InChI=1S/C6H13NS.ClH/c1-8-6-7-4-2-3-5-7;/h2-6H2,1H3;1H. The molecule has 3 heteroatoms. The Morgan fingerprint density at radius 2 is 1.89 bits per heavy atom. The van der Waals surface area contributed by atoms with Crippen LogP contribution in [0, 0.1) is 0 Å². The highest BCUT2D eigenvalue weighted by Gasteiger charge is 2.08. The number of hydrogen-bond donors (Lipinski definition) is 0. The summed E-state index contributed by atoms with van der Waals surface area (Å²) in [7, 11) is 0. The fraction of sp³-hybridized carbons (Fsp3) is 1.00. The lowest BCUT2D eigenvalue weighted by Gasteiger charge is -2.10. The predicted octanol–water partition coefficient (Wildman–Crippen LogP) is 1.82. The summed E-state index contributed by atoms with van der Waals surface area (Å²) >= 11 is 1.92. The molecule has 1 rings (SSSR count). The van der Waals surface area contributed by atoms with Gasteiger partial charge in [0.2, 0.25) is 0 Å². The van der Waals surface area contributed by atoms with Crippen molar-refractivity contribution >= 4 is 24.2 Å². The summed E-state index contributed by atoms with van der Waals surface area (Å²) in [5, 5.41) is 0. The van der Waals surface area contributed by atoms with E-state index in [1.165, 1.54) is 31.8 Å². The number of rotatable bonds is 2. The molecular weight excluding hydrogens is 154 g/mol. The van der Waals surface area contributed by atoms with Crippen LogP contribution in [0.2, 0.25) is 0 Å². The molecule has 0 unspecified atom stereocenters. The third-order valence-corrected chi connectivity index (χ3v) is 2.13. The first kappa shape index (κ1) is 9.60. The third kappa shape index (κ3) is 3.33. The van der Waals surface area contributed by atoms with E-state index >= 15 is 0 Å². The summed E-state index contributed by atoms with van der Waals surface area (Å²) in [5.74, 6) is 1.24. The molecular formula is C6H14ClNS. The Bertz CT molecular complexity index is 64.1. The zero-order valence-corrected chi connectivity index (χ0v) is 7.43. The van der Waals surface area contributed by atoms with Crippen molar-refractivity contribution in [3.63, 3.8) is 0 Å². The van der Waals surface area contributed by atoms with Crippen molar-refractivity contribution in [2.24, 2.45) is 0 Å². The first-order chi connectivity index (χ1) is 3.93. The minimum atomic E-state index is 0. The van der Waals surface area contributed by atoms with Gasteiger partial charge < -0.3 is 0 Å². The summed E-state index contributed by atoms with van der Waals surface area (Å²) in [6, 6.07) is 0. The molecule has 0 aromatic heterocycles. The highest BCUT2D eigenvalue weighted by Crippen LogP contribution is 2.09. The van der Waals surface area contributed by atoms with Gasteiger partial charge in [0.05, 0.1) is 0 Å². The van der Waals surface area contributed by atoms with Gasteiger partial charge in [-0.05, 0) is 32.2 Å². The average molecular weight is 168 g/mol. The van der Waals surface area contributed by atoms with Crippen LogP contribution >= 0.6 is 24.2 Å². The highest BCUT2D eigenvalue weighted by molar-refractivity contribution is 7.98. The monoisotopic (exact) mass is 167 g/mol. The first-order valence-electron chi connectivity index (χ1n) is 3.15. The molecule has 0 atom stereocenters. The smallest absolute Gasteiger partial charge is 0.0441 e. The van der Waals surface area contributed by atoms with Crippen LogP contribution in [0.3, 0.4) is 0 Å². The quantitative estimate of drug-likeness (QED) is 0.618. The summed E-state index contributed by atoms with van der Waals surface area (Å²) in [4.78, 5) is 2.50. The molecule has 0 saturated carbocycles. The van der Waals surface area contributed by atoms with Gasteiger partial charge in [0.25, 0.3) is 0 Å². The maximum Gasteiger partial charge on any atom is 0.0441 e. The molecule has 0 spiro atoms. The summed E-state index contributed by atoms with van der Waals surface area (Å²) in [5.41, 5.74) is 0. The van der Waals surface area contributed by atoms with E-state index in [0.717, 1.165) is 0 Å². The van der Waals surface area contributed by atoms with E-state index in [2.05, 4.69) is 11.2 Å². The molecule has 0 amide bonds. The second-order valence-electron chi connectivity index (χ2n) is 2.24. The van der Waals surface area contributed by atoms with Gasteiger partial charge in [0, 0.05) is 5.88 Å². The van der Waals surface area contributed by atoms with Crippen molar-refractivity contribution in [2.45, 2.75) is 12.8 Å². The zero-order chi connectivity index (χ0) is 5.82. The summed E-state index contributed by atoms with van der Waals surface area (Å²) in [6.45, 7) is 2.67. The Labute approximate surface area is 67.6 Å². The molecule has 1 heterocycles. The van der Waals surface area contributed by atoms with E-state index in [9.17, 15) is 0 Å². The maximum absolute atomic E-state index is 2.50. The molecule has 0 aromatic carbocycles. The van der Waals surface area contributed by atoms with Gasteiger partial charge in [-0.2, -0.15) is 0 Å². The Hall–Kier alpha value is 0.600. The molecule has 9 heavy (non-hydrogen) atoms. The van der Waals surface area contributed by atoms with Gasteiger partial charge in [-0.1, -0.05) is 0 Å². The van der Waals surface area contributed by atoms with E-state index in [4.69, 9.17) is 0 Å². The average Bonchev–Trinajstić information content (AvgIpc) is 2.19. The van der Waals surface area contributed by atoms with Gasteiger partial charge >= 0.3 is 0 Å². The summed E-state index contributed by atoms with van der Waals surface area (Å²) < 4.78 is 0. The Morgan fingerprint density at radius 3 is 2.33 bits per heavy atom. The van der Waals surface area contributed by atoms with Crippen molar-refractivity contribution < 1.29 is 0 Å². The number of likely N-dealkylation sites (tertiary alicyclic amines) is 1. The van der Waals surface area contributed by atoms with Gasteiger partial charge in [0.15, 0.2) is 0 Å². The van der Waals surface area contributed by atoms with E-state index in [0.29, 0.717) is 0 Å². The minimum Gasteiger partial charge on any atom is -0.294 e. The minimum absolute atomic E-state index is 0. The number of hydrogen-bond acceptors (Lipinski definition) is 2. The molecule has 1 saturated heterocycles. The Morgan fingerprint density at radius 1 is 1.33 bits per heavy atom. The molecule has 1 nitrogen and oxygen atoms in total. The Kier molecular flexibility index (Phi) is 5.75. The number of halogens is 1. The van der Waals surface area contributed by atoms with Crippen LogP contribution in [-0.2, 0) is 0 Å². The van der Waals surface area contributed by atoms with E-state index in [1.807, 2.05) is 11.8 Å². The van der Waals surface area contributed by atoms with Gasteiger partial charge in [-0.25, -0.2) is 0 Å². The maximum atomic E-state index is 2.50. The number of nitrogens with zero attached hydrogens (tertiary/aromatic N) is 1. The SMILES string of the molecule is CSCN1CCCC1.Cl. The van der Waals surface area contributed by atoms with E-state index < -0.39 is 0 Å². The lowest BCUT2D eigenvalue weighted by molar-refractivity contribution is 0.401. The van der Waals surface area contributed by atoms with Crippen LogP contribution in [0.15, 0.2) is 0 Å². The van der Waals surface area contributed by atoms with Crippen molar-refractivity contribution in [1.82, 2.24) is 4.90 Å². The fourth-order valence-corrected chi connectivity index (χ4v) is 1.72. The number of thioether (sulfide) groups is 1. The van der Waals surface area contributed by atoms with Crippen molar-refractivity contribution in [1.29, 1.82) is 0 Å². The summed E-state index contributed by atoms with van der Waals surface area (Å²) in [6.07, 6.45) is 5.00. The van der Waals surface area contributed by atoms with Crippen molar-refractivity contribution in [2.75, 3.05) is 25.2 Å². The van der Waals surface area contributed by atoms with Crippen LogP contribution in [0.4, 0.5) is 0 Å². The van der Waals surface area contributed by atoms with Crippen molar-refractivity contribution in [3.8, 4) is 0 Å². The molecule has 0 radical (unpaired) electrons. The molecule has 0 N–H and O–H groups in total. The molecule has 1 fully saturated rings. The van der Waals surface area contributed by atoms with Gasteiger partial charge in [-0.3, -0.25) is 4.90 Å². The molecule has 0 aromatic rings. The third-order valence-electron chi connectivity index (χ3n) is 1.51. The second-order valence-corrected chi connectivity index (χ2v) is 3.08. The Balaban J connectivity index is 0.000000640. The molecule has 0 bridgehead atoms. The zero-order valence-electron chi connectivity index (χ0n) is 5.80. The largest absolute Gasteiger partial charge is 0.294 e. The second kappa shape index (κ2) is 5.39. The van der Waals surface area contributed by atoms with Crippen LogP contribution in [0.1, 0.15) is 12.8 Å². The molecule has 56 valence electrons. The van der Waals surface area contributed by atoms with Gasteiger partial charge in [-0.15, -0.1) is 24.2 Å². The normalized spacial score (nSPS) is 19.7.